The van der Waals surface area contributed by atoms with Crippen LogP contribution in [0.4, 0.5) is 4.79 Å². The lowest BCUT2D eigenvalue weighted by atomic mass is 10.1. The van der Waals surface area contributed by atoms with E-state index in [1.165, 1.54) is 0 Å². The predicted octanol–water partition coefficient (Wildman–Crippen LogP) is 2.96. The third-order valence-electron chi connectivity index (χ3n) is 2.87. The molecule has 1 unspecified atom stereocenters. The maximum absolute atomic E-state index is 11.7. The number of carboxylic acids is 1. The van der Waals surface area contributed by atoms with Crippen molar-refractivity contribution in [2.75, 3.05) is 13.2 Å². The zero-order valence-corrected chi connectivity index (χ0v) is 16.2. The Kier molecular flexibility index (Phi) is 8.18. The number of carbonyl (C=O) groups is 2. The smallest absolute Gasteiger partial charge is 0.408 e. The van der Waals surface area contributed by atoms with Gasteiger partial charge in [0.05, 0.1) is 17.8 Å². The molecule has 0 aromatic carbocycles. The van der Waals surface area contributed by atoms with E-state index in [1.54, 1.807) is 20.8 Å². The van der Waals surface area contributed by atoms with Crippen molar-refractivity contribution in [2.45, 2.75) is 84.7 Å². The van der Waals surface area contributed by atoms with Crippen molar-refractivity contribution >= 4 is 12.1 Å². The van der Waals surface area contributed by atoms with Gasteiger partial charge in [0.15, 0.2) is 6.04 Å². The first-order valence-corrected chi connectivity index (χ1v) is 8.11. The SMILES string of the molecule is CC(C)(C)OCCC(C)(C)OCC(NC(=O)OC(C)(C)C)C(=O)O. The summed E-state index contributed by atoms with van der Waals surface area (Å²) in [4.78, 5) is 23.0. The molecule has 2 N–H and O–H groups in total. The number of aliphatic carboxylic acids is 1. The summed E-state index contributed by atoms with van der Waals surface area (Å²) in [5, 5.41) is 11.5. The Hall–Kier alpha value is -1.34. The summed E-state index contributed by atoms with van der Waals surface area (Å²) < 4.78 is 16.4. The van der Waals surface area contributed by atoms with Gasteiger partial charge in [-0.25, -0.2) is 9.59 Å². The van der Waals surface area contributed by atoms with Gasteiger partial charge in [-0.1, -0.05) is 0 Å². The van der Waals surface area contributed by atoms with Gasteiger partial charge in [-0.2, -0.15) is 0 Å². The third-order valence-corrected chi connectivity index (χ3v) is 2.87. The van der Waals surface area contributed by atoms with Gasteiger partial charge in [0.1, 0.15) is 5.60 Å². The van der Waals surface area contributed by atoms with Gasteiger partial charge in [-0.15, -0.1) is 0 Å². The topological polar surface area (TPSA) is 94.1 Å². The highest BCUT2D eigenvalue weighted by Gasteiger charge is 2.28. The van der Waals surface area contributed by atoms with Gasteiger partial charge in [0.25, 0.3) is 0 Å². The molecule has 7 heteroatoms. The van der Waals surface area contributed by atoms with Crippen LogP contribution in [0.5, 0.6) is 0 Å². The van der Waals surface area contributed by atoms with Crippen LogP contribution in [0, 0.1) is 0 Å². The van der Waals surface area contributed by atoms with Crippen molar-refractivity contribution < 1.29 is 28.9 Å². The Bertz CT molecular complexity index is 420. The van der Waals surface area contributed by atoms with Crippen LogP contribution in [0.3, 0.4) is 0 Å². The van der Waals surface area contributed by atoms with Crippen molar-refractivity contribution in [1.82, 2.24) is 5.32 Å². The molecule has 0 saturated heterocycles. The van der Waals surface area contributed by atoms with E-state index in [9.17, 15) is 14.7 Å². The minimum atomic E-state index is -1.18. The summed E-state index contributed by atoms with van der Waals surface area (Å²) in [5.74, 6) is -1.18. The van der Waals surface area contributed by atoms with E-state index in [0.717, 1.165) is 0 Å². The molecule has 0 aromatic rings. The minimum absolute atomic E-state index is 0.156. The van der Waals surface area contributed by atoms with Crippen molar-refractivity contribution in [3.8, 4) is 0 Å². The number of nitrogens with one attached hydrogen (secondary N) is 1. The monoisotopic (exact) mass is 347 g/mol. The molecule has 0 radical (unpaired) electrons. The van der Waals surface area contributed by atoms with Crippen molar-refractivity contribution in [2.24, 2.45) is 0 Å². The Morgan fingerprint density at radius 3 is 1.92 bits per heavy atom. The van der Waals surface area contributed by atoms with Gasteiger partial charge in [-0.3, -0.25) is 0 Å². The highest BCUT2D eigenvalue weighted by molar-refractivity contribution is 5.80. The van der Waals surface area contributed by atoms with Gasteiger partial charge >= 0.3 is 12.1 Å². The van der Waals surface area contributed by atoms with Crippen molar-refractivity contribution in [3.63, 3.8) is 0 Å². The summed E-state index contributed by atoms with van der Waals surface area (Å²) in [6, 6.07) is -1.18. The number of hydrogen-bond acceptors (Lipinski definition) is 5. The molecule has 7 nitrogen and oxygen atoms in total. The Morgan fingerprint density at radius 1 is 0.958 bits per heavy atom. The van der Waals surface area contributed by atoms with E-state index in [4.69, 9.17) is 14.2 Å². The van der Waals surface area contributed by atoms with Crippen LogP contribution in [0.15, 0.2) is 0 Å². The average Bonchev–Trinajstić information content (AvgIpc) is 2.29. The number of ether oxygens (including phenoxy) is 3. The highest BCUT2D eigenvalue weighted by atomic mass is 16.6. The normalized spacial score (nSPS) is 14.2. The molecule has 1 amide bonds. The molecule has 0 heterocycles. The molecule has 24 heavy (non-hydrogen) atoms. The Balaban J connectivity index is 4.47. The third kappa shape index (κ3) is 12.1. The molecule has 0 aliphatic heterocycles. The van der Waals surface area contributed by atoms with E-state index >= 15 is 0 Å². The minimum Gasteiger partial charge on any atom is -0.480 e. The van der Waals surface area contributed by atoms with Crippen LogP contribution < -0.4 is 5.32 Å². The maximum Gasteiger partial charge on any atom is 0.408 e. The molecule has 0 saturated carbocycles. The zero-order chi connectivity index (χ0) is 19.2. The van der Waals surface area contributed by atoms with Crippen LogP contribution >= 0.6 is 0 Å². The summed E-state index contributed by atoms with van der Waals surface area (Å²) in [5.41, 5.74) is -1.51. The van der Waals surface area contributed by atoms with Crippen LogP contribution in [0.1, 0.15) is 61.8 Å². The Morgan fingerprint density at radius 2 is 1.50 bits per heavy atom. The summed E-state index contributed by atoms with van der Waals surface area (Å²) >= 11 is 0. The molecule has 0 fully saturated rings. The molecule has 0 aliphatic carbocycles. The lowest BCUT2D eigenvalue weighted by Crippen LogP contribution is -2.47. The number of amides is 1. The van der Waals surface area contributed by atoms with Crippen molar-refractivity contribution in [3.05, 3.63) is 0 Å². The van der Waals surface area contributed by atoms with Gasteiger partial charge in [0, 0.05) is 6.61 Å². The van der Waals surface area contributed by atoms with Crippen LogP contribution in [0.25, 0.3) is 0 Å². The number of rotatable bonds is 8. The van der Waals surface area contributed by atoms with Gasteiger partial charge < -0.3 is 24.6 Å². The molecule has 0 rings (SSSR count). The zero-order valence-electron chi connectivity index (χ0n) is 16.2. The number of carboxylic acid groups (broad SMARTS) is 1. The van der Waals surface area contributed by atoms with E-state index in [-0.39, 0.29) is 12.2 Å². The second-order valence-electron chi connectivity index (χ2n) is 8.32. The summed E-state index contributed by atoms with van der Waals surface area (Å²) in [6.07, 6.45) is -0.185. The van der Waals surface area contributed by atoms with Crippen molar-refractivity contribution in [1.29, 1.82) is 0 Å². The van der Waals surface area contributed by atoms with E-state index in [1.807, 2.05) is 34.6 Å². The van der Waals surface area contributed by atoms with Gasteiger partial charge in [-0.05, 0) is 61.8 Å². The van der Waals surface area contributed by atoms with E-state index in [2.05, 4.69) is 5.32 Å². The molecule has 0 bridgehead atoms. The fraction of sp³-hybridized carbons (Fsp3) is 0.882. The first-order valence-electron chi connectivity index (χ1n) is 8.11. The van der Waals surface area contributed by atoms with E-state index < -0.39 is 29.3 Å². The molecular weight excluding hydrogens is 314 g/mol. The number of hydrogen-bond donors (Lipinski definition) is 2. The van der Waals surface area contributed by atoms with Gasteiger partial charge in [0.2, 0.25) is 0 Å². The summed E-state index contributed by atoms with van der Waals surface area (Å²) in [6.45, 7) is 15.1. The summed E-state index contributed by atoms with van der Waals surface area (Å²) in [7, 11) is 0. The average molecular weight is 347 g/mol. The van der Waals surface area contributed by atoms with Crippen LogP contribution in [0.2, 0.25) is 0 Å². The molecule has 142 valence electrons. The molecule has 0 aromatic heterocycles. The molecule has 0 aliphatic rings. The predicted molar refractivity (Wildman–Crippen MR) is 91.1 cm³/mol. The second-order valence-corrected chi connectivity index (χ2v) is 8.32. The fourth-order valence-corrected chi connectivity index (χ4v) is 1.61. The second kappa shape index (κ2) is 8.67. The first-order chi connectivity index (χ1) is 10.6. The first kappa shape index (κ1) is 22.7. The van der Waals surface area contributed by atoms with Crippen LogP contribution in [-0.4, -0.2) is 53.2 Å². The van der Waals surface area contributed by atoms with Crippen LogP contribution in [-0.2, 0) is 19.0 Å². The molecule has 0 spiro atoms. The number of carbonyl (C=O) groups excluding carboxylic acids is 1. The number of alkyl carbamates (subject to hydrolysis) is 1. The lowest BCUT2D eigenvalue weighted by Gasteiger charge is -2.29. The quantitative estimate of drug-likeness (QED) is 0.701. The lowest BCUT2D eigenvalue weighted by molar-refractivity contribution is -0.143. The largest absolute Gasteiger partial charge is 0.480 e. The molecule has 1 atom stereocenters. The van der Waals surface area contributed by atoms with E-state index in [0.29, 0.717) is 13.0 Å². The fourth-order valence-electron chi connectivity index (χ4n) is 1.61. The highest BCUT2D eigenvalue weighted by Crippen LogP contribution is 2.17. The Labute approximate surface area is 145 Å². The molecular formula is C17H33NO6. The maximum atomic E-state index is 11.7. The standard InChI is InChI=1S/C17H33NO6/c1-15(2,3)22-10-9-17(7,8)23-11-12(13(19)20)18-14(21)24-16(4,5)6/h12H,9-11H2,1-8H3,(H,18,21)(H,19,20).